The van der Waals surface area contributed by atoms with Crippen LogP contribution in [-0.2, 0) is 14.4 Å². The molecule has 1 saturated carbocycles. The van der Waals surface area contributed by atoms with Gasteiger partial charge in [-0.15, -0.1) is 0 Å². The van der Waals surface area contributed by atoms with E-state index < -0.39 is 5.54 Å². The molecule has 0 atom stereocenters. The molecule has 1 aliphatic carbocycles. The van der Waals surface area contributed by atoms with Crippen LogP contribution in [0.25, 0.3) is 0 Å². The number of carbonyl (C=O) groups excluding carboxylic acids is 3. The summed E-state index contributed by atoms with van der Waals surface area (Å²) in [5.41, 5.74) is 0.776. The summed E-state index contributed by atoms with van der Waals surface area (Å²) in [7, 11) is 0. The molecule has 1 aromatic rings. The maximum absolute atomic E-state index is 13.6. The van der Waals surface area contributed by atoms with Crippen LogP contribution in [0.1, 0.15) is 44.9 Å². The van der Waals surface area contributed by atoms with E-state index in [2.05, 4.69) is 15.1 Å². The minimum Gasteiger partial charge on any atom is -0.342 e. The third-order valence-corrected chi connectivity index (χ3v) is 7.82. The largest absolute Gasteiger partial charge is 0.342 e. The molecule has 3 aliphatic heterocycles. The van der Waals surface area contributed by atoms with Gasteiger partial charge in [-0.3, -0.25) is 29.1 Å². The highest BCUT2D eigenvalue weighted by atomic mass is 16.2. The number of nitrogens with one attached hydrogen (secondary N) is 1. The topological polar surface area (TPSA) is 76.2 Å². The Hall–Kier alpha value is -2.45. The standard InChI is InChI=1S/C25H35N5O3/c31-22(29-12-6-1-7-13-29)18-27-14-16-28(17-15-27)19-23(32)30-21-9-3-2-8-20(21)26-24(33)25(30)10-4-5-11-25/h2-3,8-9H,1,4-7,10-19H2,(H,26,33). The van der Waals surface area contributed by atoms with Crippen molar-refractivity contribution in [1.29, 1.82) is 0 Å². The van der Waals surface area contributed by atoms with E-state index >= 15 is 0 Å². The molecule has 3 heterocycles. The Labute approximate surface area is 195 Å². The predicted octanol–water partition coefficient (Wildman–Crippen LogP) is 1.91. The number of nitrogens with zero attached hydrogens (tertiary/aromatic N) is 4. The second kappa shape index (κ2) is 9.43. The zero-order valence-electron chi connectivity index (χ0n) is 19.4. The van der Waals surface area contributed by atoms with Crippen LogP contribution in [0.15, 0.2) is 24.3 Å². The Morgan fingerprint density at radius 2 is 1.39 bits per heavy atom. The maximum Gasteiger partial charge on any atom is 0.250 e. The van der Waals surface area contributed by atoms with Gasteiger partial charge in [-0.2, -0.15) is 0 Å². The lowest BCUT2D eigenvalue weighted by atomic mass is 9.89. The third-order valence-electron chi connectivity index (χ3n) is 7.82. The molecule has 33 heavy (non-hydrogen) atoms. The predicted molar refractivity (Wildman–Crippen MR) is 127 cm³/mol. The number of anilines is 2. The number of piperidine rings is 1. The smallest absolute Gasteiger partial charge is 0.250 e. The molecule has 0 aromatic heterocycles. The number of likely N-dealkylation sites (tertiary alicyclic amines) is 1. The highest BCUT2D eigenvalue weighted by Gasteiger charge is 2.52. The number of piperazine rings is 1. The number of carbonyl (C=O) groups is 3. The monoisotopic (exact) mass is 453 g/mol. The molecule has 5 rings (SSSR count). The van der Waals surface area contributed by atoms with Gasteiger partial charge in [0.05, 0.1) is 24.5 Å². The number of fused-ring (bicyclic) bond motifs is 1. The molecule has 1 aromatic carbocycles. The summed E-state index contributed by atoms with van der Waals surface area (Å²) in [6, 6.07) is 7.63. The Morgan fingerprint density at radius 1 is 0.788 bits per heavy atom. The highest BCUT2D eigenvalue weighted by molar-refractivity contribution is 6.15. The van der Waals surface area contributed by atoms with Gasteiger partial charge in [0.25, 0.3) is 5.91 Å². The first-order valence-electron chi connectivity index (χ1n) is 12.5. The Balaban J connectivity index is 1.21. The fourth-order valence-electron chi connectivity index (χ4n) is 5.93. The van der Waals surface area contributed by atoms with E-state index in [-0.39, 0.29) is 17.7 Å². The van der Waals surface area contributed by atoms with Crippen LogP contribution >= 0.6 is 0 Å². The van der Waals surface area contributed by atoms with Gasteiger partial charge in [-0.25, -0.2) is 0 Å². The summed E-state index contributed by atoms with van der Waals surface area (Å²) in [4.78, 5) is 47.5. The average molecular weight is 454 g/mol. The SMILES string of the molecule is O=C(CN1CCN(CC(=O)N2c3ccccc3NC(=O)C23CCCC3)CC1)N1CCCCC1. The summed E-state index contributed by atoms with van der Waals surface area (Å²) >= 11 is 0. The van der Waals surface area contributed by atoms with Crippen molar-refractivity contribution in [3.63, 3.8) is 0 Å². The van der Waals surface area contributed by atoms with Crippen LogP contribution in [0, 0.1) is 0 Å². The molecule has 0 bridgehead atoms. The van der Waals surface area contributed by atoms with Crippen LogP contribution in [0.3, 0.4) is 0 Å². The second-order valence-corrected chi connectivity index (χ2v) is 9.93. The first-order valence-corrected chi connectivity index (χ1v) is 12.5. The first kappa shape index (κ1) is 22.3. The van der Waals surface area contributed by atoms with Gasteiger partial charge in [0, 0.05) is 39.3 Å². The molecule has 4 aliphatic rings. The van der Waals surface area contributed by atoms with Gasteiger partial charge in [0.2, 0.25) is 11.8 Å². The summed E-state index contributed by atoms with van der Waals surface area (Å²) in [6.07, 6.45) is 6.80. The van der Waals surface area contributed by atoms with E-state index in [4.69, 9.17) is 0 Å². The Kier molecular flexibility index (Phi) is 6.38. The zero-order chi connectivity index (χ0) is 22.8. The Morgan fingerprint density at radius 3 is 2.06 bits per heavy atom. The molecule has 1 N–H and O–H groups in total. The van der Waals surface area contributed by atoms with E-state index in [9.17, 15) is 14.4 Å². The van der Waals surface area contributed by atoms with Crippen molar-refractivity contribution in [1.82, 2.24) is 14.7 Å². The molecule has 3 amide bonds. The van der Waals surface area contributed by atoms with Crippen molar-refractivity contribution in [2.75, 3.05) is 62.6 Å². The number of para-hydroxylation sites is 2. The van der Waals surface area contributed by atoms with Gasteiger partial charge in [0.1, 0.15) is 5.54 Å². The van der Waals surface area contributed by atoms with Gasteiger partial charge in [0.15, 0.2) is 0 Å². The molecule has 8 nitrogen and oxygen atoms in total. The van der Waals surface area contributed by atoms with Gasteiger partial charge in [-0.05, 0) is 44.2 Å². The molecule has 8 heteroatoms. The molecule has 3 fully saturated rings. The van der Waals surface area contributed by atoms with E-state index in [1.807, 2.05) is 29.2 Å². The van der Waals surface area contributed by atoms with Crippen molar-refractivity contribution in [3.8, 4) is 0 Å². The molecule has 2 saturated heterocycles. The van der Waals surface area contributed by atoms with Gasteiger partial charge < -0.3 is 10.2 Å². The minimum absolute atomic E-state index is 0.00274. The summed E-state index contributed by atoms with van der Waals surface area (Å²) in [6.45, 7) is 5.65. The lowest BCUT2D eigenvalue weighted by molar-refractivity contribution is -0.134. The summed E-state index contributed by atoms with van der Waals surface area (Å²) in [5.74, 6) is 0.184. The van der Waals surface area contributed by atoms with Crippen molar-refractivity contribution >= 4 is 29.1 Å². The van der Waals surface area contributed by atoms with Crippen LogP contribution < -0.4 is 10.2 Å². The average Bonchev–Trinajstić information content (AvgIpc) is 3.32. The number of benzene rings is 1. The van der Waals surface area contributed by atoms with E-state index in [0.29, 0.717) is 25.9 Å². The fraction of sp³-hybridized carbons (Fsp3) is 0.640. The quantitative estimate of drug-likeness (QED) is 0.754. The second-order valence-electron chi connectivity index (χ2n) is 9.93. The van der Waals surface area contributed by atoms with Gasteiger partial charge >= 0.3 is 0 Å². The van der Waals surface area contributed by atoms with Crippen LogP contribution in [0.4, 0.5) is 11.4 Å². The fourth-order valence-corrected chi connectivity index (χ4v) is 5.93. The van der Waals surface area contributed by atoms with Crippen LogP contribution in [-0.4, -0.2) is 90.3 Å². The molecular weight excluding hydrogens is 418 g/mol. The molecule has 0 radical (unpaired) electrons. The van der Waals surface area contributed by atoms with E-state index in [1.165, 1.54) is 6.42 Å². The lowest BCUT2D eigenvalue weighted by Gasteiger charge is -2.45. The number of hydrogen-bond donors (Lipinski definition) is 1. The number of amides is 3. The lowest BCUT2D eigenvalue weighted by Crippen LogP contribution is -2.62. The number of hydrogen-bond acceptors (Lipinski definition) is 5. The van der Waals surface area contributed by atoms with Crippen molar-refractivity contribution in [3.05, 3.63) is 24.3 Å². The summed E-state index contributed by atoms with van der Waals surface area (Å²) < 4.78 is 0. The van der Waals surface area contributed by atoms with Crippen LogP contribution in [0.5, 0.6) is 0 Å². The van der Waals surface area contributed by atoms with Crippen LogP contribution in [0.2, 0.25) is 0 Å². The van der Waals surface area contributed by atoms with Crippen molar-refractivity contribution in [2.45, 2.75) is 50.5 Å². The minimum atomic E-state index is -0.756. The molecule has 0 unspecified atom stereocenters. The van der Waals surface area contributed by atoms with Crippen molar-refractivity contribution < 1.29 is 14.4 Å². The first-order chi connectivity index (χ1) is 16.1. The zero-order valence-corrected chi connectivity index (χ0v) is 19.4. The highest BCUT2D eigenvalue weighted by Crippen LogP contribution is 2.45. The summed E-state index contributed by atoms with van der Waals surface area (Å²) in [5, 5.41) is 3.04. The molecular formula is C25H35N5O3. The molecule has 178 valence electrons. The normalized spacial score (nSPS) is 23.5. The van der Waals surface area contributed by atoms with E-state index in [1.54, 1.807) is 4.90 Å². The number of rotatable bonds is 4. The Bertz CT molecular complexity index is 899. The molecule has 1 spiro atoms. The maximum atomic E-state index is 13.6. The van der Waals surface area contributed by atoms with Gasteiger partial charge in [-0.1, -0.05) is 25.0 Å². The third kappa shape index (κ3) is 4.38. The van der Waals surface area contributed by atoms with Crippen molar-refractivity contribution in [2.24, 2.45) is 0 Å². The van der Waals surface area contributed by atoms with E-state index in [0.717, 1.165) is 76.3 Å².